The van der Waals surface area contributed by atoms with Crippen molar-refractivity contribution in [2.24, 2.45) is 0 Å². The van der Waals surface area contributed by atoms with Gasteiger partial charge in [-0.25, -0.2) is 9.97 Å². The van der Waals surface area contributed by atoms with E-state index in [2.05, 4.69) is 11.1 Å². The zero-order valence-corrected chi connectivity index (χ0v) is 24.0. The van der Waals surface area contributed by atoms with Crippen LogP contribution in [0.4, 0.5) is 0 Å². The summed E-state index contributed by atoms with van der Waals surface area (Å²) in [5.74, 6) is 0.327. The monoisotopic (exact) mass is 589 g/mol. The number of fused-ring (bicyclic) bond motifs is 2. The van der Waals surface area contributed by atoms with Crippen molar-refractivity contribution in [3.63, 3.8) is 0 Å². The van der Waals surface area contributed by atoms with Crippen LogP contribution < -0.4 is 11.1 Å². The second kappa shape index (κ2) is 10.2. The largest absolute Gasteiger partial charge is 0.278 e. The highest BCUT2D eigenvalue weighted by atomic mass is 35.5. The van der Waals surface area contributed by atoms with Gasteiger partial charge in [0.05, 0.1) is 22.1 Å². The van der Waals surface area contributed by atoms with Crippen molar-refractivity contribution in [3.8, 4) is 11.4 Å². The number of nitrogens with zero attached hydrogens (tertiary/aromatic N) is 5. The molecule has 4 aromatic heterocycles. The van der Waals surface area contributed by atoms with Crippen molar-refractivity contribution in [2.75, 3.05) is 0 Å². The number of pyridine rings is 1. The van der Waals surface area contributed by atoms with Crippen LogP contribution in [0, 0.1) is 17.8 Å². The molecule has 0 N–H and O–H groups in total. The Hall–Kier alpha value is -3.57. The normalized spacial score (nSPS) is 11.5. The fourth-order valence-corrected chi connectivity index (χ4v) is 6.79. The van der Waals surface area contributed by atoms with Gasteiger partial charge >= 0.3 is 0 Å². The van der Waals surface area contributed by atoms with Crippen LogP contribution in [0.1, 0.15) is 16.8 Å². The van der Waals surface area contributed by atoms with E-state index in [1.54, 1.807) is 22.9 Å². The van der Waals surface area contributed by atoms with Crippen LogP contribution in [0.25, 0.3) is 27.4 Å². The molecular weight excluding hydrogens is 570 g/mol. The van der Waals surface area contributed by atoms with E-state index in [1.807, 2.05) is 60.9 Å². The third kappa shape index (κ3) is 4.74. The summed E-state index contributed by atoms with van der Waals surface area (Å²) in [6.07, 6.45) is 1.54. The average molecular weight is 590 g/mol. The summed E-state index contributed by atoms with van der Waals surface area (Å²) < 4.78 is 5.90. The van der Waals surface area contributed by atoms with E-state index >= 15 is 0 Å². The van der Waals surface area contributed by atoms with Gasteiger partial charge in [-0.3, -0.25) is 23.1 Å². The first-order valence-corrected chi connectivity index (χ1v) is 14.5. The van der Waals surface area contributed by atoms with Gasteiger partial charge in [0.2, 0.25) is 0 Å². The van der Waals surface area contributed by atoms with Crippen LogP contribution in [-0.2, 0) is 5.75 Å². The van der Waals surface area contributed by atoms with Crippen LogP contribution in [0.2, 0.25) is 5.02 Å². The predicted molar refractivity (Wildman–Crippen MR) is 161 cm³/mol. The zero-order valence-electron chi connectivity index (χ0n) is 20.8. The molecule has 0 radical (unpaired) electrons. The molecule has 4 heterocycles. The molecule has 11 heteroatoms. The Morgan fingerprint density at radius 3 is 2.54 bits per heavy atom. The third-order valence-electron chi connectivity index (χ3n) is 6.21. The fraction of sp³-hybridized carbons (Fsp3) is 0.107. The number of thiazole rings is 1. The molecule has 0 bridgehead atoms. The van der Waals surface area contributed by atoms with E-state index < -0.39 is 0 Å². The number of rotatable bonds is 5. The van der Waals surface area contributed by atoms with Gasteiger partial charge in [0.1, 0.15) is 10.3 Å². The van der Waals surface area contributed by atoms with Gasteiger partial charge in [-0.05, 0) is 62.0 Å². The standard InChI is InChI=1S/C28H20ClN5O2S3/c1-16-8-10-21(17(2)12-16)34-25-24(39-28(34)37)26(36)33(20-6-4-3-5-7-20)27(31-25)38-15-19-13-23(35)32-14-18(29)9-11-22(32)30-19/h3-14H,15H2,1-2H3. The Labute approximate surface area is 241 Å². The quantitative estimate of drug-likeness (QED) is 0.129. The van der Waals surface area contributed by atoms with Crippen molar-refractivity contribution < 1.29 is 0 Å². The topological polar surface area (TPSA) is 74.2 Å². The second-order valence-corrected chi connectivity index (χ2v) is 12.0. The molecule has 0 saturated heterocycles. The Morgan fingerprint density at radius 1 is 0.974 bits per heavy atom. The molecule has 0 spiro atoms. The van der Waals surface area contributed by atoms with E-state index in [1.165, 1.54) is 33.6 Å². The highest BCUT2D eigenvalue weighted by molar-refractivity contribution is 7.98. The van der Waals surface area contributed by atoms with E-state index in [0.29, 0.717) is 47.3 Å². The molecule has 6 aromatic rings. The van der Waals surface area contributed by atoms with Gasteiger partial charge in [0.25, 0.3) is 11.1 Å². The molecular formula is C28H20ClN5O2S3. The SMILES string of the molecule is Cc1ccc(-n2c(=S)sc3c(=O)n(-c4ccccc4)c(SCc4cc(=O)n5cc(Cl)ccc5n4)nc32)c(C)c1. The van der Waals surface area contributed by atoms with Gasteiger partial charge in [0, 0.05) is 18.0 Å². The lowest BCUT2D eigenvalue weighted by molar-refractivity contribution is 0.811. The molecule has 2 aromatic carbocycles. The molecule has 7 nitrogen and oxygen atoms in total. The zero-order chi connectivity index (χ0) is 27.3. The minimum Gasteiger partial charge on any atom is -0.275 e. The number of hydrogen-bond acceptors (Lipinski definition) is 7. The summed E-state index contributed by atoms with van der Waals surface area (Å²) in [6, 6.07) is 20.3. The van der Waals surface area contributed by atoms with Crippen LogP contribution in [0.3, 0.4) is 0 Å². The molecule has 6 rings (SSSR count). The maximum absolute atomic E-state index is 13.9. The lowest BCUT2D eigenvalue weighted by atomic mass is 10.1. The summed E-state index contributed by atoms with van der Waals surface area (Å²) >= 11 is 14.4. The maximum atomic E-state index is 13.9. The van der Waals surface area contributed by atoms with Gasteiger partial charge in [-0.1, -0.05) is 70.6 Å². The molecule has 194 valence electrons. The first kappa shape index (κ1) is 25.7. The highest BCUT2D eigenvalue weighted by Gasteiger charge is 2.20. The van der Waals surface area contributed by atoms with Gasteiger partial charge in [-0.2, -0.15) is 0 Å². The van der Waals surface area contributed by atoms with Crippen LogP contribution >= 0.6 is 46.9 Å². The summed E-state index contributed by atoms with van der Waals surface area (Å²) in [5.41, 5.74) is 4.90. The first-order valence-electron chi connectivity index (χ1n) is 11.9. The summed E-state index contributed by atoms with van der Waals surface area (Å²) in [5, 5.41) is 0.926. The molecule has 0 fully saturated rings. The summed E-state index contributed by atoms with van der Waals surface area (Å²) in [4.78, 5) is 36.3. The molecule has 0 aliphatic carbocycles. The fourth-order valence-electron chi connectivity index (χ4n) is 4.44. The third-order valence-corrected chi connectivity index (χ3v) is 8.76. The van der Waals surface area contributed by atoms with Crippen LogP contribution in [-0.4, -0.2) is 23.5 Å². The van der Waals surface area contributed by atoms with E-state index in [4.69, 9.17) is 28.8 Å². The molecule has 0 aliphatic rings. The average Bonchev–Trinajstić information content (AvgIpc) is 3.24. The number of hydrogen-bond donors (Lipinski definition) is 0. The highest BCUT2D eigenvalue weighted by Crippen LogP contribution is 2.30. The smallest absolute Gasteiger partial charge is 0.275 e. The Bertz CT molecular complexity index is 2080. The van der Waals surface area contributed by atoms with E-state index in [0.717, 1.165) is 16.8 Å². The lowest BCUT2D eigenvalue weighted by Gasteiger charge is -2.14. The molecule has 0 unspecified atom stereocenters. The van der Waals surface area contributed by atoms with Gasteiger partial charge in [-0.15, -0.1) is 0 Å². The van der Waals surface area contributed by atoms with Crippen molar-refractivity contribution in [2.45, 2.75) is 24.8 Å². The minimum atomic E-state index is -0.233. The van der Waals surface area contributed by atoms with Crippen molar-refractivity contribution in [3.05, 3.63) is 119 Å². The number of aryl methyl sites for hydroxylation is 2. The minimum absolute atomic E-state index is 0.200. The molecule has 39 heavy (non-hydrogen) atoms. The molecule has 0 atom stereocenters. The van der Waals surface area contributed by atoms with E-state index in [-0.39, 0.29) is 11.1 Å². The predicted octanol–water partition coefficient (Wildman–Crippen LogP) is 6.54. The Morgan fingerprint density at radius 2 is 1.77 bits per heavy atom. The molecule has 0 amide bonds. The Kier molecular flexibility index (Phi) is 6.72. The number of para-hydroxylation sites is 1. The first-order chi connectivity index (χ1) is 18.8. The van der Waals surface area contributed by atoms with Crippen molar-refractivity contribution in [1.82, 2.24) is 23.5 Å². The lowest BCUT2D eigenvalue weighted by Crippen LogP contribution is -2.21. The summed E-state index contributed by atoms with van der Waals surface area (Å²) in [6.45, 7) is 4.06. The molecule has 0 saturated carbocycles. The van der Waals surface area contributed by atoms with E-state index in [9.17, 15) is 9.59 Å². The van der Waals surface area contributed by atoms with Gasteiger partial charge < -0.3 is 0 Å². The maximum Gasteiger partial charge on any atom is 0.278 e. The number of aromatic nitrogens is 5. The molecule has 0 aliphatic heterocycles. The van der Waals surface area contributed by atoms with Crippen molar-refractivity contribution in [1.29, 1.82) is 0 Å². The summed E-state index contributed by atoms with van der Waals surface area (Å²) in [7, 11) is 0. The van der Waals surface area contributed by atoms with Gasteiger partial charge in [0.15, 0.2) is 14.8 Å². The number of halogens is 1. The Balaban J connectivity index is 1.52. The number of thioether (sulfide) groups is 1. The van der Waals surface area contributed by atoms with Crippen molar-refractivity contribution >= 4 is 62.9 Å². The second-order valence-electron chi connectivity index (χ2n) is 8.97. The number of benzene rings is 2. The van der Waals surface area contributed by atoms with Crippen LogP contribution in [0.5, 0.6) is 0 Å². The van der Waals surface area contributed by atoms with Crippen LogP contribution in [0.15, 0.2) is 87.7 Å².